The summed E-state index contributed by atoms with van der Waals surface area (Å²) in [4.78, 5) is 32.5. The van der Waals surface area contributed by atoms with Gasteiger partial charge in [0.05, 0.1) is 30.3 Å². The monoisotopic (exact) mass is 390 g/mol. The van der Waals surface area contributed by atoms with E-state index in [-0.39, 0.29) is 24.3 Å². The highest BCUT2D eigenvalue weighted by Crippen LogP contribution is 2.42. The van der Waals surface area contributed by atoms with Gasteiger partial charge >= 0.3 is 0 Å². The first-order chi connectivity index (χ1) is 14.1. The van der Waals surface area contributed by atoms with Crippen LogP contribution in [0.5, 0.6) is 5.75 Å². The summed E-state index contributed by atoms with van der Waals surface area (Å²) in [5, 5.41) is 2.91. The van der Waals surface area contributed by atoms with E-state index in [1.54, 1.807) is 12.0 Å². The first-order valence-electron chi connectivity index (χ1n) is 9.81. The molecule has 1 aromatic heterocycles. The fraction of sp³-hybridized carbons (Fsp3) is 0.318. The number of carbonyl (C=O) groups excluding carboxylic acids is 2. The second-order valence-electron chi connectivity index (χ2n) is 7.68. The van der Waals surface area contributed by atoms with E-state index in [4.69, 9.17) is 4.74 Å². The molecule has 0 spiro atoms. The minimum Gasteiger partial charge on any atom is -0.495 e. The molecule has 1 aliphatic carbocycles. The van der Waals surface area contributed by atoms with Gasteiger partial charge in [0.25, 0.3) is 5.91 Å². The van der Waals surface area contributed by atoms with Gasteiger partial charge in [0.15, 0.2) is 0 Å². The normalized spacial score (nSPS) is 18.2. The van der Waals surface area contributed by atoms with Crippen LogP contribution < -0.4 is 15.0 Å². The molecule has 1 N–H and O–H groups in total. The molecule has 0 radical (unpaired) electrons. The fourth-order valence-electron chi connectivity index (χ4n) is 4.03. The lowest BCUT2D eigenvalue weighted by Crippen LogP contribution is -2.33. The molecule has 7 heteroatoms. The quantitative estimate of drug-likeness (QED) is 0.724. The topological polar surface area (TPSA) is 76.5 Å². The van der Waals surface area contributed by atoms with Crippen LogP contribution in [-0.2, 0) is 9.59 Å². The Hall–Kier alpha value is -3.35. The van der Waals surface area contributed by atoms with Crippen molar-refractivity contribution >= 4 is 34.5 Å². The summed E-state index contributed by atoms with van der Waals surface area (Å²) in [7, 11) is 1.57. The Morgan fingerprint density at radius 2 is 2.03 bits per heavy atom. The second-order valence-corrected chi connectivity index (χ2v) is 7.68. The third-order valence-corrected chi connectivity index (χ3v) is 5.55. The van der Waals surface area contributed by atoms with E-state index in [1.807, 2.05) is 54.0 Å². The van der Waals surface area contributed by atoms with Crippen LogP contribution in [0.25, 0.3) is 11.0 Å². The Morgan fingerprint density at radius 1 is 1.24 bits per heavy atom. The molecule has 2 heterocycles. The lowest BCUT2D eigenvalue weighted by Gasteiger charge is -2.16. The molecule has 7 nitrogen and oxygen atoms in total. The molecule has 148 valence electrons. The van der Waals surface area contributed by atoms with E-state index in [0.717, 1.165) is 29.4 Å². The summed E-state index contributed by atoms with van der Waals surface area (Å²) in [6.07, 6.45) is 2.01. The highest BCUT2D eigenvalue weighted by molar-refractivity contribution is 6.05. The predicted molar refractivity (Wildman–Crippen MR) is 110 cm³/mol. The molecular formula is C22H22N4O3. The first kappa shape index (κ1) is 17.7. The number of anilines is 2. The van der Waals surface area contributed by atoms with Crippen LogP contribution in [0.3, 0.4) is 0 Å². The van der Waals surface area contributed by atoms with Crippen molar-refractivity contribution in [2.75, 3.05) is 17.3 Å². The van der Waals surface area contributed by atoms with Crippen LogP contribution in [0.1, 0.15) is 30.9 Å². The van der Waals surface area contributed by atoms with Crippen molar-refractivity contribution in [2.45, 2.75) is 38.3 Å². The first-order valence-corrected chi connectivity index (χ1v) is 9.81. The predicted octanol–water partition coefficient (Wildman–Crippen LogP) is 3.43. The van der Waals surface area contributed by atoms with Crippen LogP contribution in [0.2, 0.25) is 0 Å². The number of para-hydroxylation sites is 2. The molecule has 0 unspecified atom stereocenters. The zero-order valence-corrected chi connectivity index (χ0v) is 16.4. The number of nitrogens with zero attached hydrogens (tertiary/aromatic N) is 3. The second kappa shape index (κ2) is 6.62. The van der Waals surface area contributed by atoms with Crippen LogP contribution in [0.15, 0.2) is 42.5 Å². The molecule has 1 saturated carbocycles. The number of carbonyl (C=O) groups is 2. The van der Waals surface area contributed by atoms with Gasteiger partial charge in [0.2, 0.25) is 11.9 Å². The van der Waals surface area contributed by atoms with E-state index < -0.39 is 6.04 Å². The number of ether oxygens (including phenoxy) is 1. The average molecular weight is 390 g/mol. The Morgan fingerprint density at radius 3 is 2.79 bits per heavy atom. The van der Waals surface area contributed by atoms with Crippen LogP contribution in [-0.4, -0.2) is 34.5 Å². The summed E-state index contributed by atoms with van der Waals surface area (Å²) in [5.74, 6) is 0.973. The lowest BCUT2D eigenvalue weighted by molar-refractivity contribution is -0.124. The number of methoxy groups -OCH3 is 1. The van der Waals surface area contributed by atoms with Crippen LogP contribution in [0, 0.1) is 6.92 Å². The van der Waals surface area contributed by atoms with E-state index in [9.17, 15) is 9.59 Å². The number of benzene rings is 2. The Kier molecular flexibility index (Phi) is 4.04. The summed E-state index contributed by atoms with van der Waals surface area (Å²) in [5.41, 5.74) is 3.34. The number of hydrogen-bond donors (Lipinski definition) is 1. The zero-order valence-electron chi connectivity index (χ0n) is 16.4. The van der Waals surface area contributed by atoms with Gasteiger partial charge in [0, 0.05) is 6.04 Å². The summed E-state index contributed by atoms with van der Waals surface area (Å²) >= 11 is 0. The summed E-state index contributed by atoms with van der Waals surface area (Å²) < 4.78 is 7.27. The molecule has 2 aromatic carbocycles. The van der Waals surface area contributed by atoms with Crippen LogP contribution in [0.4, 0.5) is 11.6 Å². The van der Waals surface area contributed by atoms with Gasteiger partial charge in [0.1, 0.15) is 11.8 Å². The maximum Gasteiger partial charge on any atom is 0.253 e. The van der Waals surface area contributed by atoms with Crippen molar-refractivity contribution < 1.29 is 14.3 Å². The number of hydrogen-bond acceptors (Lipinski definition) is 4. The third kappa shape index (κ3) is 2.93. The molecule has 2 aliphatic rings. The number of aryl methyl sites for hydroxylation is 1. The lowest BCUT2D eigenvalue weighted by atomic mass is 10.1. The van der Waals surface area contributed by atoms with Crippen molar-refractivity contribution in [3.05, 3.63) is 48.0 Å². The summed E-state index contributed by atoms with van der Waals surface area (Å²) in [6, 6.07) is 13.0. The van der Waals surface area contributed by atoms with Gasteiger partial charge in [-0.1, -0.05) is 18.2 Å². The van der Waals surface area contributed by atoms with Crippen molar-refractivity contribution in [3.8, 4) is 5.75 Å². The largest absolute Gasteiger partial charge is 0.495 e. The third-order valence-electron chi connectivity index (χ3n) is 5.55. The minimum absolute atomic E-state index is 0.0481. The molecule has 1 fully saturated rings. The van der Waals surface area contributed by atoms with Crippen molar-refractivity contribution in [3.63, 3.8) is 0 Å². The molecule has 29 heavy (non-hydrogen) atoms. The molecule has 0 bridgehead atoms. The van der Waals surface area contributed by atoms with Crippen LogP contribution >= 0.6 is 0 Å². The van der Waals surface area contributed by atoms with E-state index in [0.29, 0.717) is 17.4 Å². The SMILES string of the molecule is COc1ccc(C)cc1NC(=O)C[C@H]1C(=O)N(C2CC2)c2nc3ccccc3n21. The highest BCUT2D eigenvalue weighted by Gasteiger charge is 2.47. The highest BCUT2D eigenvalue weighted by atomic mass is 16.5. The number of aromatic nitrogens is 2. The van der Waals surface area contributed by atoms with E-state index in [2.05, 4.69) is 10.3 Å². The van der Waals surface area contributed by atoms with Gasteiger partial charge in [-0.2, -0.15) is 0 Å². The molecule has 1 atom stereocenters. The minimum atomic E-state index is -0.589. The number of amides is 2. The molecule has 5 rings (SSSR count). The molecule has 2 amide bonds. The Labute approximate surface area is 168 Å². The number of imidazole rings is 1. The zero-order chi connectivity index (χ0) is 20.1. The number of nitrogens with one attached hydrogen (secondary N) is 1. The maximum atomic E-state index is 13.2. The molecular weight excluding hydrogens is 368 g/mol. The van der Waals surface area contributed by atoms with Gasteiger partial charge in [-0.15, -0.1) is 0 Å². The van der Waals surface area contributed by atoms with Gasteiger partial charge < -0.3 is 10.1 Å². The Bertz CT molecular complexity index is 1130. The standard InChI is InChI=1S/C22H22N4O3/c1-13-7-10-19(29-2)16(11-13)23-20(27)12-18-21(28)25(14-8-9-14)22-24-15-5-3-4-6-17(15)26(18)22/h3-7,10-11,14,18H,8-9,12H2,1-2H3,(H,23,27)/t18-/m0/s1. The maximum absolute atomic E-state index is 13.2. The Balaban J connectivity index is 1.46. The van der Waals surface area contributed by atoms with Gasteiger partial charge in [-0.25, -0.2) is 4.98 Å². The van der Waals surface area contributed by atoms with Crippen molar-refractivity contribution in [1.82, 2.24) is 9.55 Å². The number of fused-ring (bicyclic) bond motifs is 3. The van der Waals surface area contributed by atoms with Crippen molar-refractivity contribution in [1.29, 1.82) is 0 Å². The summed E-state index contributed by atoms with van der Waals surface area (Å²) in [6.45, 7) is 1.95. The van der Waals surface area contributed by atoms with E-state index in [1.165, 1.54) is 0 Å². The van der Waals surface area contributed by atoms with Gasteiger partial charge in [-0.3, -0.25) is 19.1 Å². The van der Waals surface area contributed by atoms with E-state index >= 15 is 0 Å². The average Bonchev–Trinajstić information content (AvgIpc) is 3.41. The van der Waals surface area contributed by atoms with Crippen molar-refractivity contribution in [2.24, 2.45) is 0 Å². The molecule has 0 saturated heterocycles. The number of rotatable bonds is 5. The molecule has 1 aliphatic heterocycles. The van der Waals surface area contributed by atoms with Gasteiger partial charge in [-0.05, 0) is 49.6 Å². The smallest absolute Gasteiger partial charge is 0.253 e. The molecule has 3 aromatic rings. The fourth-order valence-corrected chi connectivity index (χ4v) is 4.03.